The van der Waals surface area contributed by atoms with Gasteiger partial charge < -0.3 is 10.8 Å². The summed E-state index contributed by atoms with van der Waals surface area (Å²) in [5.74, 6) is 0. The molecule has 0 radical (unpaired) electrons. The standard InChI is InChI=1S/C8H15NO/c1-2-3-4-5-6-8(9)7-10/h2,4-5,8,10H,1,3,6-7,9H2/b5-4+. The molecule has 0 fully saturated rings. The Balaban J connectivity index is 3.24. The fourth-order valence-electron chi connectivity index (χ4n) is 0.538. The second-order valence-corrected chi connectivity index (χ2v) is 2.17. The molecular weight excluding hydrogens is 126 g/mol. The molecule has 0 aliphatic heterocycles. The number of allylic oxidation sites excluding steroid dienone is 2. The average Bonchev–Trinajstić information content (AvgIpc) is 1.98. The van der Waals surface area contributed by atoms with Crippen LogP contribution in [0.3, 0.4) is 0 Å². The molecule has 0 aromatic rings. The van der Waals surface area contributed by atoms with E-state index in [1.54, 1.807) is 0 Å². The van der Waals surface area contributed by atoms with Crippen LogP contribution < -0.4 is 5.73 Å². The van der Waals surface area contributed by atoms with E-state index in [1.807, 2.05) is 18.2 Å². The zero-order valence-corrected chi connectivity index (χ0v) is 6.16. The number of rotatable bonds is 5. The summed E-state index contributed by atoms with van der Waals surface area (Å²) >= 11 is 0. The molecule has 0 bridgehead atoms. The molecule has 1 unspecified atom stereocenters. The minimum atomic E-state index is -0.110. The van der Waals surface area contributed by atoms with E-state index in [9.17, 15) is 0 Å². The van der Waals surface area contributed by atoms with E-state index >= 15 is 0 Å². The molecule has 0 spiro atoms. The van der Waals surface area contributed by atoms with Gasteiger partial charge in [-0.25, -0.2) is 0 Å². The summed E-state index contributed by atoms with van der Waals surface area (Å²) in [4.78, 5) is 0. The van der Waals surface area contributed by atoms with Gasteiger partial charge in [0, 0.05) is 6.04 Å². The first kappa shape index (κ1) is 9.40. The van der Waals surface area contributed by atoms with Gasteiger partial charge >= 0.3 is 0 Å². The van der Waals surface area contributed by atoms with Crippen LogP contribution in [0.15, 0.2) is 24.8 Å². The van der Waals surface area contributed by atoms with E-state index in [2.05, 4.69) is 6.58 Å². The first-order valence-corrected chi connectivity index (χ1v) is 3.43. The molecule has 0 aromatic carbocycles. The Labute approximate surface area is 62.0 Å². The van der Waals surface area contributed by atoms with E-state index in [0.717, 1.165) is 12.8 Å². The zero-order valence-electron chi connectivity index (χ0n) is 6.16. The zero-order chi connectivity index (χ0) is 7.82. The Morgan fingerprint density at radius 1 is 1.50 bits per heavy atom. The Morgan fingerprint density at radius 2 is 2.20 bits per heavy atom. The molecule has 58 valence electrons. The molecule has 0 aliphatic rings. The van der Waals surface area contributed by atoms with Gasteiger partial charge in [0.2, 0.25) is 0 Å². The Hall–Kier alpha value is -0.600. The highest BCUT2D eigenvalue weighted by atomic mass is 16.3. The fourth-order valence-corrected chi connectivity index (χ4v) is 0.538. The lowest BCUT2D eigenvalue weighted by Gasteiger charge is -2.01. The number of hydrogen-bond donors (Lipinski definition) is 2. The van der Waals surface area contributed by atoms with E-state index in [0.29, 0.717) is 0 Å². The van der Waals surface area contributed by atoms with E-state index in [4.69, 9.17) is 10.8 Å². The van der Waals surface area contributed by atoms with Crippen LogP contribution in [-0.2, 0) is 0 Å². The summed E-state index contributed by atoms with van der Waals surface area (Å²) < 4.78 is 0. The SMILES string of the molecule is C=CC/C=C/CC(N)CO. The summed E-state index contributed by atoms with van der Waals surface area (Å²) in [5, 5.41) is 8.51. The Bertz CT molecular complexity index is 110. The average molecular weight is 141 g/mol. The van der Waals surface area contributed by atoms with Gasteiger partial charge in [-0.05, 0) is 12.8 Å². The largest absolute Gasteiger partial charge is 0.395 e. The summed E-state index contributed by atoms with van der Waals surface area (Å²) in [5.41, 5.74) is 5.43. The third-order valence-electron chi connectivity index (χ3n) is 1.14. The van der Waals surface area contributed by atoms with Crippen molar-refractivity contribution in [3.05, 3.63) is 24.8 Å². The molecular formula is C8H15NO. The monoisotopic (exact) mass is 141 g/mol. The van der Waals surface area contributed by atoms with Crippen molar-refractivity contribution in [1.29, 1.82) is 0 Å². The molecule has 0 aliphatic carbocycles. The number of aliphatic hydroxyl groups excluding tert-OH is 1. The maximum Gasteiger partial charge on any atom is 0.0585 e. The molecule has 0 aromatic heterocycles. The van der Waals surface area contributed by atoms with Crippen LogP contribution in [-0.4, -0.2) is 17.8 Å². The molecule has 1 atom stereocenters. The van der Waals surface area contributed by atoms with Gasteiger partial charge in [-0.2, -0.15) is 0 Å². The molecule has 3 N–H and O–H groups in total. The second kappa shape index (κ2) is 6.52. The number of hydrogen-bond acceptors (Lipinski definition) is 2. The van der Waals surface area contributed by atoms with Crippen molar-refractivity contribution in [2.24, 2.45) is 5.73 Å². The Morgan fingerprint density at radius 3 is 2.70 bits per heavy atom. The van der Waals surface area contributed by atoms with Crippen LogP contribution in [0.25, 0.3) is 0 Å². The van der Waals surface area contributed by atoms with Gasteiger partial charge in [-0.1, -0.05) is 18.2 Å². The third-order valence-corrected chi connectivity index (χ3v) is 1.14. The van der Waals surface area contributed by atoms with E-state index in [1.165, 1.54) is 0 Å². The first-order valence-electron chi connectivity index (χ1n) is 3.43. The molecule has 0 rings (SSSR count). The minimum absolute atomic E-state index is 0.0540. The minimum Gasteiger partial charge on any atom is -0.395 e. The summed E-state index contributed by atoms with van der Waals surface area (Å²) in [6.45, 7) is 3.62. The van der Waals surface area contributed by atoms with Crippen molar-refractivity contribution in [2.45, 2.75) is 18.9 Å². The van der Waals surface area contributed by atoms with Crippen LogP contribution in [0.1, 0.15) is 12.8 Å². The van der Waals surface area contributed by atoms with Crippen LogP contribution in [0.4, 0.5) is 0 Å². The number of aliphatic hydroxyl groups is 1. The second-order valence-electron chi connectivity index (χ2n) is 2.17. The van der Waals surface area contributed by atoms with Crippen molar-refractivity contribution in [3.8, 4) is 0 Å². The molecule has 2 nitrogen and oxygen atoms in total. The van der Waals surface area contributed by atoms with Gasteiger partial charge in [0.15, 0.2) is 0 Å². The predicted molar refractivity (Wildman–Crippen MR) is 43.6 cm³/mol. The van der Waals surface area contributed by atoms with Gasteiger partial charge in [-0.3, -0.25) is 0 Å². The van der Waals surface area contributed by atoms with Gasteiger partial charge in [0.1, 0.15) is 0 Å². The fraction of sp³-hybridized carbons (Fsp3) is 0.500. The van der Waals surface area contributed by atoms with Crippen LogP contribution >= 0.6 is 0 Å². The first-order chi connectivity index (χ1) is 4.81. The molecule has 10 heavy (non-hydrogen) atoms. The molecule has 0 amide bonds. The lowest BCUT2D eigenvalue weighted by molar-refractivity contribution is 0.266. The van der Waals surface area contributed by atoms with Crippen molar-refractivity contribution < 1.29 is 5.11 Å². The third kappa shape index (κ3) is 5.54. The summed E-state index contributed by atoms with van der Waals surface area (Å²) in [6.07, 6.45) is 7.38. The van der Waals surface area contributed by atoms with E-state index in [-0.39, 0.29) is 12.6 Å². The van der Waals surface area contributed by atoms with Crippen molar-refractivity contribution in [2.75, 3.05) is 6.61 Å². The summed E-state index contributed by atoms with van der Waals surface area (Å²) in [7, 11) is 0. The quantitative estimate of drug-likeness (QED) is 0.557. The molecule has 0 saturated carbocycles. The smallest absolute Gasteiger partial charge is 0.0585 e. The maximum atomic E-state index is 8.51. The van der Waals surface area contributed by atoms with Gasteiger partial charge in [0.25, 0.3) is 0 Å². The van der Waals surface area contributed by atoms with Crippen molar-refractivity contribution in [1.82, 2.24) is 0 Å². The van der Waals surface area contributed by atoms with Gasteiger partial charge in [0.05, 0.1) is 6.61 Å². The molecule has 0 saturated heterocycles. The highest BCUT2D eigenvalue weighted by Gasteiger charge is 1.93. The molecule has 2 heteroatoms. The van der Waals surface area contributed by atoms with Crippen LogP contribution in [0, 0.1) is 0 Å². The van der Waals surface area contributed by atoms with Crippen molar-refractivity contribution in [3.63, 3.8) is 0 Å². The highest BCUT2D eigenvalue weighted by Crippen LogP contribution is 1.90. The summed E-state index contributed by atoms with van der Waals surface area (Å²) in [6, 6.07) is -0.110. The topological polar surface area (TPSA) is 46.2 Å². The lowest BCUT2D eigenvalue weighted by atomic mass is 10.2. The van der Waals surface area contributed by atoms with Crippen LogP contribution in [0.5, 0.6) is 0 Å². The van der Waals surface area contributed by atoms with Crippen molar-refractivity contribution >= 4 is 0 Å². The highest BCUT2D eigenvalue weighted by molar-refractivity contribution is 4.90. The van der Waals surface area contributed by atoms with Gasteiger partial charge in [-0.15, -0.1) is 6.58 Å². The Kier molecular flexibility index (Phi) is 6.13. The number of nitrogens with two attached hydrogens (primary N) is 1. The normalized spacial score (nSPS) is 13.8. The van der Waals surface area contributed by atoms with E-state index < -0.39 is 0 Å². The predicted octanol–water partition coefficient (Wildman–Crippen LogP) is 0.828. The molecule has 0 heterocycles. The van der Waals surface area contributed by atoms with Crippen LogP contribution in [0.2, 0.25) is 0 Å². The lowest BCUT2D eigenvalue weighted by Crippen LogP contribution is -2.22. The maximum absolute atomic E-state index is 8.51.